The van der Waals surface area contributed by atoms with E-state index in [4.69, 9.17) is 11.6 Å². The summed E-state index contributed by atoms with van der Waals surface area (Å²) in [6.45, 7) is 1.79. The summed E-state index contributed by atoms with van der Waals surface area (Å²) in [6.07, 6.45) is 0.484. The molecule has 1 heterocycles. The summed E-state index contributed by atoms with van der Waals surface area (Å²) in [7, 11) is 0. The first-order chi connectivity index (χ1) is 10.6. The largest absolute Gasteiger partial charge is 0.354 e. The van der Waals surface area contributed by atoms with Crippen LogP contribution in [0.3, 0.4) is 0 Å². The van der Waals surface area contributed by atoms with E-state index in [9.17, 15) is 9.59 Å². The van der Waals surface area contributed by atoms with E-state index in [-0.39, 0.29) is 30.3 Å². The Kier molecular flexibility index (Phi) is 9.40. The summed E-state index contributed by atoms with van der Waals surface area (Å²) in [4.78, 5) is 23.6. The highest BCUT2D eigenvalue weighted by atomic mass is 35.5. The summed E-state index contributed by atoms with van der Waals surface area (Å²) in [5, 5.41) is 9.50. The second-order valence-corrected chi connectivity index (χ2v) is 6.63. The fourth-order valence-corrected chi connectivity index (χ4v) is 3.20. The molecule has 1 aromatic rings. The molecular formula is C15H21Cl2N3O2S. The van der Waals surface area contributed by atoms with Gasteiger partial charge in [0, 0.05) is 54.2 Å². The fraction of sp³-hybridized carbons (Fsp3) is 0.467. The van der Waals surface area contributed by atoms with Crippen LogP contribution in [0.5, 0.6) is 0 Å². The molecule has 5 nitrogen and oxygen atoms in total. The molecule has 3 N–H and O–H groups in total. The van der Waals surface area contributed by atoms with Gasteiger partial charge in [0.05, 0.1) is 0 Å². The van der Waals surface area contributed by atoms with Gasteiger partial charge in [-0.2, -0.15) is 11.8 Å². The van der Waals surface area contributed by atoms with Crippen LogP contribution in [0.4, 0.5) is 0 Å². The number of halogens is 2. The number of amides is 2. The Balaban J connectivity index is 0.00000264. The molecule has 0 bridgehead atoms. The normalized spacial score (nSPS) is 17.0. The number of hydrogen-bond acceptors (Lipinski definition) is 4. The van der Waals surface area contributed by atoms with Crippen LogP contribution < -0.4 is 16.0 Å². The third-order valence-electron chi connectivity index (χ3n) is 3.27. The lowest BCUT2D eigenvalue weighted by molar-refractivity contribution is -0.121. The molecule has 1 saturated heterocycles. The minimum Gasteiger partial charge on any atom is -0.354 e. The van der Waals surface area contributed by atoms with Gasteiger partial charge < -0.3 is 16.0 Å². The fourth-order valence-electron chi connectivity index (χ4n) is 2.13. The van der Waals surface area contributed by atoms with Crippen LogP contribution in [0.15, 0.2) is 24.3 Å². The van der Waals surface area contributed by atoms with Crippen molar-refractivity contribution in [2.45, 2.75) is 12.5 Å². The molecule has 1 aliphatic heterocycles. The molecule has 0 radical (unpaired) electrons. The van der Waals surface area contributed by atoms with Crippen LogP contribution in [0, 0.1) is 0 Å². The van der Waals surface area contributed by atoms with Gasteiger partial charge in [-0.15, -0.1) is 12.4 Å². The van der Waals surface area contributed by atoms with Crippen LogP contribution in [0.1, 0.15) is 16.8 Å². The van der Waals surface area contributed by atoms with Crippen LogP contribution >= 0.6 is 35.8 Å². The van der Waals surface area contributed by atoms with E-state index in [0.29, 0.717) is 30.1 Å². The van der Waals surface area contributed by atoms with E-state index < -0.39 is 0 Å². The highest BCUT2D eigenvalue weighted by molar-refractivity contribution is 7.99. The molecule has 0 saturated carbocycles. The topological polar surface area (TPSA) is 70.2 Å². The van der Waals surface area contributed by atoms with Gasteiger partial charge >= 0.3 is 0 Å². The van der Waals surface area contributed by atoms with E-state index in [1.807, 2.05) is 11.8 Å². The Morgan fingerprint density at radius 1 is 1.22 bits per heavy atom. The molecule has 1 unspecified atom stereocenters. The Hall–Kier alpha value is -0.950. The van der Waals surface area contributed by atoms with Crippen molar-refractivity contribution in [1.82, 2.24) is 16.0 Å². The van der Waals surface area contributed by atoms with Crippen molar-refractivity contribution in [1.29, 1.82) is 0 Å². The molecule has 128 valence electrons. The second kappa shape index (κ2) is 10.8. The molecule has 1 aromatic carbocycles. The molecule has 8 heteroatoms. The van der Waals surface area contributed by atoms with Crippen molar-refractivity contribution in [3.05, 3.63) is 34.9 Å². The van der Waals surface area contributed by atoms with Crippen LogP contribution in [-0.4, -0.2) is 49.0 Å². The van der Waals surface area contributed by atoms with Crippen LogP contribution in [0.25, 0.3) is 0 Å². The third kappa shape index (κ3) is 7.44. The first kappa shape index (κ1) is 20.1. The van der Waals surface area contributed by atoms with Gasteiger partial charge in [0.1, 0.15) is 0 Å². The van der Waals surface area contributed by atoms with E-state index in [1.54, 1.807) is 24.3 Å². The van der Waals surface area contributed by atoms with E-state index >= 15 is 0 Å². The van der Waals surface area contributed by atoms with Crippen molar-refractivity contribution in [3.63, 3.8) is 0 Å². The summed E-state index contributed by atoms with van der Waals surface area (Å²) >= 11 is 7.64. The van der Waals surface area contributed by atoms with Crippen LogP contribution in [-0.2, 0) is 4.79 Å². The quantitative estimate of drug-likeness (QED) is 0.659. The lowest BCUT2D eigenvalue weighted by atomic mass is 10.2. The third-order valence-corrected chi connectivity index (χ3v) is 4.65. The van der Waals surface area contributed by atoms with Gasteiger partial charge in [0.15, 0.2) is 0 Å². The molecule has 1 aliphatic rings. The van der Waals surface area contributed by atoms with Gasteiger partial charge in [-0.1, -0.05) is 11.6 Å². The number of hydrogen-bond donors (Lipinski definition) is 3. The maximum Gasteiger partial charge on any atom is 0.251 e. The van der Waals surface area contributed by atoms with Crippen molar-refractivity contribution in [3.8, 4) is 0 Å². The van der Waals surface area contributed by atoms with Gasteiger partial charge in [-0.05, 0) is 24.3 Å². The van der Waals surface area contributed by atoms with E-state index in [0.717, 1.165) is 18.1 Å². The van der Waals surface area contributed by atoms with E-state index in [1.165, 1.54) is 0 Å². The number of carbonyl (C=O) groups is 2. The minimum atomic E-state index is -0.170. The zero-order valence-corrected chi connectivity index (χ0v) is 15.0. The van der Waals surface area contributed by atoms with Crippen molar-refractivity contribution in [2.75, 3.05) is 31.1 Å². The molecule has 1 fully saturated rings. The number of rotatable bonds is 6. The number of thioether (sulfide) groups is 1. The molecule has 1 atom stereocenters. The Morgan fingerprint density at radius 2 is 1.91 bits per heavy atom. The lowest BCUT2D eigenvalue weighted by Crippen LogP contribution is -2.42. The Labute approximate surface area is 151 Å². The zero-order chi connectivity index (χ0) is 15.8. The molecule has 23 heavy (non-hydrogen) atoms. The maximum absolute atomic E-state index is 11.8. The predicted octanol–water partition coefficient (Wildman–Crippen LogP) is 1.70. The van der Waals surface area contributed by atoms with Crippen molar-refractivity contribution >= 4 is 47.6 Å². The summed E-state index contributed by atoms with van der Waals surface area (Å²) in [5.74, 6) is 1.92. The first-order valence-electron chi connectivity index (χ1n) is 7.27. The van der Waals surface area contributed by atoms with Crippen LogP contribution in [0.2, 0.25) is 5.02 Å². The lowest BCUT2D eigenvalue weighted by Gasteiger charge is -2.22. The summed E-state index contributed by atoms with van der Waals surface area (Å²) in [5.41, 5.74) is 0.555. The predicted molar refractivity (Wildman–Crippen MR) is 97.8 cm³/mol. The van der Waals surface area contributed by atoms with Gasteiger partial charge in [0.25, 0.3) is 5.91 Å². The Bertz CT molecular complexity index is 508. The highest BCUT2D eigenvalue weighted by Gasteiger charge is 2.16. The van der Waals surface area contributed by atoms with Crippen molar-refractivity contribution < 1.29 is 9.59 Å². The molecular weight excluding hydrogens is 357 g/mol. The Morgan fingerprint density at radius 3 is 2.57 bits per heavy atom. The highest BCUT2D eigenvalue weighted by Crippen LogP contribution is 2.10. The van der Waals surface area contributed by atoms with Gasteiger partial charge in [-0.25, -0.2) is 0 Å². The standard InChI is InChI=1S/C15H20ClN3O2S.ClH/c16-12-3-1-11(2-4-12)15(21)19-6-5-18-14(20)9-13-10-22-8-7-17-13;/h1-4,13,17H,5-10H2,(H,18,20)(H,19,21);1H. The number of nitrogens with one attached hydrogen (secondary N) is 3. The first-order valence-corrected chi connectivity index (χ1v) is 8.80. The van der Waals surface area contributed by atoms with E-state index in [2.05, 4.69) is 16.0 Å². The maximum atomic E-state index is 11.8. The van der Waals surface area contributed by atoms with Crippen molar-refractivity contribution in [2.24, 2.45) is 0 Å². The molecule has 0 spiro atoms. The van der Waals surface area contributed by atoms with Gasteiger partial charge in [0.2, 0.25) is 5.91 Å². The average Bonchev–Trinajstić information content (AvgIpc) is 2.53. The average molecular weight is 378 g/mol. The number of carbonyl (C=O) groups excluding carboxylic acids is 2. The summed E-state index contributed by atoms with van der Waals surface area (Å²) < 4.78 is 0. The van der Waals surface area contributed by atoms with Gasteiger partial charge in [-0.3, -0.25) is 9.59 Å². The minimum absolute atomic E-state index is 0. The second-order valence-electron chi connectivity index (χ2n) is 5.04. The SMILES string of the molecule is Cl.O=C(CC1CSCCN1)NCCNC(=O)c1ccc(Cl)cc1. The summed E-state index contributed by atoms with van der Waals surface area (Å²) in [6, 6.07) is 6.94. The number of benzene rings is 1. The molecule has 2 rings (SSSR count). The smallest absolute Gasteiger partial charge is 0.251 e. The monoisotopic (exact) mass is 377 g/mol. The molecule has 0 aliphatic carbocycles. The molecule has 0 aromatic heterocycles. The zero-order valence-electron chi connectivity index (χ0n) is 12.6. The molecule has 2 amide bonds.